The van der Waals surface area contributed by atoms with Crippen LogP contribution in [0.15, 0.2) is 28.5 Å². The Morgan fingerprint density at radius 2 is 2.21 bits per heavy atom. The molecule has 0 spiro atoms. The molecule has 0 aromatic heterocycles. The minimum absolute atomic E-state index is 0. The van der Waals surface area contributed by atoms with Crippen molar-refractivity contribution >= 4 is 17.3 Å². The Morgan fingerprint density at radius 3 is 2.79 bits per heavy atom. The molecule has 4 nitrogen and oxygen atoms in total. The van der Waals surface area contributed by atoms with E-state index in [1.165, 1.54) is 6.19 Å². The van der Waals surface area contributed by atoms with E-state index in [1.54, 1.807) is 18.2 Å². The predicted octanol–water partition coefficient (Wildman–Crippen LogP) is 0.506. The Labute approximate surface area is 109 Å². The van der Waals surface area contributed by atoms with E-state index in [-0.39, 0.29) is 29.6 Å². The van der Waals surface area contributed by atoms with E-state index < -0.39 is 0 Å². The molecule has 14 heavy (non-hydrogen) atoms. The van der Waals surface area contributed by atoms with Gasteiger partial charge in [-0.1, -0.05) is 17.7 Å². The molecule has 1 aromatic carbocycles. The summed E-state index contributed by atoms with van der Waals surface area (Å²) < 4.78 is 0. The van der Waals surface area contributed by atoms with Crippen LogP contribution in [0.1, 0.15) is 5.56 Å². The first-order valence-electron chi connectivity index (χ1n) is 3.50. The van der Waals surface area contributed by atoms with E-state index >= 15 is 0 Å². The van der Waals surface area contributed by atoms with Gasteiger partial charge in [-0.2, -0.15) is 5.26 Å². The Balaban J connectivity index is 0.00000169. The predicted molar refractivity (Wildman–Crippen MR) is 49.7 cm³/mol. The number of benzene rings is 1. The molecule has 66 valence electrons. The van der Waals surface area contributed by atoms with Crippen LogP contribution in [0, 0.1) is 18.4 Å². The fraction of sp³-hybridized carbons (Fsp3) is 0.125. The standard InChI is InChI=1S/C8H6ClN4.Na/c1-6-4-7(9)2-3-8(6)12-13-11-5-10;/h2-4H,1H3;/q-1;+1. The molecule has 0 atom stereocenters. The first-order chi connectivity index (χ1) is 6.24. The molecule has 0 fully saturated rings. The van der Waals surface area contributed by atoms with Crippen molar-refractivity contribution in [1.82, 2.24) is 0 Å². The van der Waals surface area contributed by atoms with Gasteiger partial charge in [0.05, 0.1) is 0 Å². The van der Waals surface area contributed by atoms with Gasteiger partial charge in [-0.15, -0.1) is 0 Å². The molecule has 0 radical (unpaired) electrons. The summed E-state index contributed by atoms with van der Waals surface area (Å²) in [6.07, 6.45) is 1.51. The minimum atomic E-state index is 0. The van der Waals surface area contributed by atoms with Gasteiger partial charge in [-0.05, 0) is 30.3 Å². The van der Waals surface area contributed by atoms with Gasteiger partial charge < -0.3 is 5.43 Å². The molecule has 0 unspecified atom stereocenters. The van der Waals surface area contributed by atoms with Gasteiger partial charge in [-0.3, -0.25) is 10.3 Å². The molecule has 0 heterocycles. The zero-order valence-electron chi connectivity index (χ0n) is 7.90. The number of hydrogen-bond acceptors (Lipinski definition) is 3. The topological polar surface area (TPSA) is 62.6 Å². The van der Waals surface area contributed by atoms with Crippen molar-refractivity contribution in [3.05, 3.63) is 34.2 Å². The Bertz CT molecular complexity index is 372. The first-order valence-corrected chi connectivity index (χ1v) is 3.88. The fourth-order valence-electron chi connectivity index (χ4n) is 0.822. The van der Waals surface area contributed by atoms with E-state index in [0.717, 1.165) is 5.56 Å². The van der Waals surface area contributed by atoms with Gasteiger partial charge in [0.1, 0.15) is 6.19 Å². The second-order valence-corrected chi connectivity index (χ2v) is 2.76. The summed E-state index contributed by atoms with van der Waals surface area (Å²) >= 11 is 5.73. The van der Waals surface area contributed by atoms with Gasteiger partial charge in [0.25, 0.3) is 0 Å². The normalized spacial score (nSPS) is 9.21. The van der Waals surface area contributed by atoms with Crippen molar-refractivity contribution in [2.45, 2.75) is 6.92 Å². The number of aryl methyl sites for hydroxylation is 1. The smallest absolute Gasteiger partial charge is 0.350 e. The summed E-state index contributed by atoms with van der Waals surface area (Å²) in [6, 6.07) is 5.19. The van der Waals surface area contributed by atoms with Crippen LogP contribution in [0.2, 0.25) is 5.02 Å². The van der Waals surface area contributed by atoms with Crippen LogP contribution in [0.4, 0.5) is 5.69 Å². The fourth-order valence-corrected chi connectivity index (χ4v) is 1.05. The third-order valence-electron chi connectivity index (χ3n) is 1.40. The van der Waals surface area contributed by atoms with Crippen molar-refractivity contribution in [2.75, 3.05) is 0 Å². The molecule has 0 aliphatic rings. The number of rotatable bonds is 2. The molecular formula is C8H6ClN4Na. The summed E-state index contributed by atoms with van der Waals surface area (Å²) in [5, 5.41) is 15.1. The van der Waals surface area contributed by atoms with Gasteiger partial charge in [-0.25, -0.2) is 0 Å². The van der Waals surface area contributed by atoms with E-state index in [1.807, 2.05) is 6.92 Å². The monoisotopic (exact) mass is 216 g/mol. The molecule has 0 saturated heterocycles. The van der Waals surface area contributed by atoms with Crippen molar-refractivity contribution in [1.29, 1.82) is 5.26 Å². The number of halogens is 1. The van der Waals surface area contributed by atoms with Crippen molar-refractivity contribution in [3.8, 4) is 6.19 Å². The van der Waals surface area contributed by atoms with Crippen molar-refractivity contribution in [3.63, 3.8) is 0 Å². The number of nitrogens with zero attached hydrogens (tertiary/aromatic N) is 4. The molecule has 0 amide bonds. The van der Waals surface area contributed by atoms with Gasteiger partial charge in [0, 0.05) is 5.02 Å². The molecule has 0 aliphatic carbocycles. The van der Waals surface area contributed by atoms with Crippen LogP contribution >= 0.6 is 11.6 Å². The summed E-state index contributed by atoms with van der Waals surface area (Å²) in [5.74, 6) is 0. The van der Waals surface area contributed by atoms with Crippen LogP contribution in [0.25, 0.3) is 5.43 Å². The number of nitriles is 1. The Hall–Kier alpha value is -0.600. The first kappa shape index (κ1) is 13.4. The van der Waals surface area contributed by atoms with E-state index in [9.17, 15) is 0 Å². The average molecular weight is 217 g/mol. The number of hydrogen-bond donors (Lipinski definition) is 0. The SMILES string of the molecule is Cc1cc(Cl)ccc1[N-]N=NC#N.[Na+]. The summed E-state index contributed by atoms with van der Waals surface area (Å²) in [5.41, 5.74) is 5.26. The van der Waals surface area contributed by atoms with Crippen LogP contribution in [0.3, 0.4) is 0 Å². The maximum Gasteiger partial charge on any atom is 1.00 e. The molecule has 0 bridgehead atoms. The molecular weight excluding hydrogens is 211 g/mol. The van der Waals surface area contributed by atoms with E-state index in [2.05, 4.69) is 15.8 Å². The molecule has 0 saturated carbocycles. The molecule has 1 aromatic rings. The van der Waals surface area contributed by atoms with Crippen molar-refractivity contribution < 1.29 is 29.6 Å². The maximum atomic E-state index is 8.07. The Morgan fingerprint density at radius 1 is 1.50 bits per heavy atom. The summed E-state index contributed by atoms with van der Waals surface area (Å²) in [7, 11) is 0. The quantitative estimate of drug-likeness (QED) is 0.307. The van der Waals surface area contributed by atoms with Gasteiger partial charge in [0.2, 0.25) is 0 Å². The van der Waals surface area contributed by atoms with E-state index in [4.69, 9.17) is 16.9 Å². The second kappa shape index (κ2) is 6.80. The van der Waals surface area contributed by atoms with Crippen LogP contribution in [-0.4, -0.2) is 0 Å². The largest absolute Gasteiger partial charge is 1.00 e. The summed E-state index contributed by atoms with van der Waals surface area (Å²) in [4.78, 5) is 0. The van der Waals surface area contributed by atoms with Crippen LogP contribution in [-0.2, 0) is 0 Å². The minimum Gasteiger partial charge on any atom is -0.350 e. The van der Waals surface area contributed by atoms with Gasteiger partial charge >= 0.3 is 29.6 Å². The van der Waals surface area contributed by atoms with Gasteiger partial charge in [0.15, 0.2) is 0 Å². The van der Waals surface area contributed by atoms with Crippen LogP contribution < -0.4 is 29.6 Å². The molecule has 0 N–H and O–H groups in total. The van der Waals surface area contributed by atoms with Crippen LogP contribution in [0.5, 0.6) is 0 Å². The van der Waals surface area contributed by atoms with E-state index in [0.29, 0.717) is 10.7 Å². The zero-order valence-corrected chi connectivity index (χ0v) is 10.7. The third-order valence-corrected chi connectivity index (χ3v) is 1.64. The Kier molecular flexibility index (Phi) is 6.50. The molecule has 0 aliphatic heterocycles. The third kappa shape index (κ3) is 4.07. The average Bonchev–Trinajstić information content (AvgIpc) is 2.09. The maximum absolute atomic E-state index is 8.07. The zero-order chi connectivity index (χ0) is 9.68. The second-order valence-electron chi connectivity index (χ2n) is 2.32. The molecule has 6 heteroatoms. The van der Waals surface area contributed by atoms with Crippen molar-refractivity contribution in [2.24, 2.45) is 10.3 Å². The summed E-state index contributed by atoms with van der Waals surface area (Å²) in [6.45, 7) is 1.85. The molecule has 1 rings (SSSR count).